The van der Waals surface area contributed by atoms with E-state index in [4.69, 9.17) is 8.84 Å². The highest BCUT2D eigenvalue weighted by Gasteiger charge is 2.41. The standard InChI is InChI=1S/C20H28O3Si/c1-14(2)10-11-24(15(3)4,16(5)6)22-13-18-12-17-8-7-9-19(17)23-20(18)21/h12,15-16H,1,7-9,13H2,2-6H3. The maximum absolute atomic E-state index is 12.2. The molecule has 0 atom stereocenters. The Balaban J connectivity index is 2.30. The fraction of sp³-hybridized carbons (Fsp3) is 0.550. The van der Waals surface area contributed by atoms with Gasteiger partial charge in [0.15, 0.2) is 0 Å². The predicted molar refractivity (Wildman–Crippen MR) is 100 cm³/mol. The highest BCUT2D eigenvalue weighted by atomic mass is 28.4. The molecule has 0 spiro atoms. The van der Waals surface area contributed by atoms with E-state index < -0.39 is 8.32 Å². The van der Waals surface area contributed by atoms with E-state index in [1.54, 1.807) is 0 Å². The Morgan fingerprint density at radius 2 is 2.00 bits per heavy atom. The second kappa shape index (κ2) is 7.54. The molecular weight excluding hydrogens is 316 g/mol. The van der Waals surface area contributed by atoms with Crippen molar-refractivity contribution < 1.29 is 8.84 Å². The van der Waals surface area contributed by atoms with E-state index in [0.717, 1.165) is 36.2 Å². The molecule has 1 aliphatic rings. The highest BCUT2D eigenvalue weighted by molar-refractivity contribution is 6.84. The van der Waals surface area contributed by atoms with Gasteiger partial charge in [-0.1, -0.05) is 45.7 Å². The van der Waals surface area contributed by atoms with Crippen molar-refractivity contribution in [2.75, 3.05) is 0 Å². The van der Waals surface area contributed by atoms with Crippen LogP contribution in [0.15, 0.2) is 27.4 Å². The van der Waals surface area contributed by atoms with Gasteiger partial charge in [0.05, 0.1) is 12.2 Å². The van der Waals surface area contributed by atoms with Crippen LogP contribution in [0.25, 0.3) is 0 Å². The van der Waals surface area contributed by atoms with Gasteiger partial charge in [0.2, 0.25) is 0 Å². The first-order valence-corrected chi connectivity index (χ1v) is 10.8. The molecule has 1 aromatic rings. The zero-order valence-electron chi connectivity index (χ0n) is 15.5. The Morgan fingerprint density at radius 1 is 1.33 bits per heavy atom. The van der Waals surface area contributed by atoms with E-state index in [2.05, 4.69) is 45.7 Å². The molecule has 0 fully saturated rings. The number of rotatable bonds is 5. The summed E-state index contributed by atoms with van der Waals surface area (Å²) in [5, 5.41) is 0. The van der Waals surface area contributed by atoms with Crippen molar-refractivity contribution in [2.45, 2.75) is 71.6 Å². The lowest BCUT2D eigenvalue weighted by Crippen LogP contribution is -2.44. The molecule has 1 heterocycles. The van der Waals surface area contributed by atoms with Crippen LogP contribution < -0.4 is 5.63 Å². The lowest BCUT2D eigenvalue weighted by molar-refractivity contribution is 0.276. The Bertz CT molecular complexity index is 723. The van der Waals surface area contributed by atoms with Crippen LogP contribution in [-0.4, -0.2) is 8.32 Å². The summed E-state index contributed by atoms with van der Waals surface area (Å²) in [7, 11) is -2.35. The molecule has 24 heavy (non-hydrogen) atoms. The molecule has 4 heteroatoms. The molecule has 2 rings (SSSR count). The maximum atomic E-state index is 12.2. The van der Waals surface area contributed by atoms with Gasteiger partial charge in [0.25, 0.3) is 8.32 Å². The second-order valence-electron chi connectivity index (χ2n) is 7.28. The fourth-order valence-corrected chi connectivity index (χ4v) is 6.73. The number of hydrogen-bond donors (Lipinski definition) is 0. The van der Waals surface area contributed by atoms with Crippen LogP contribution in [0.2, 0.25) is 11.1 Å². The molecule has 3 nitrogen and oxygen atoms in total. The number of fused-ring (bicyclic) bond motifs is 1. The highest BCUT2D eigenvalue weighted by Crippen LogP contribution is 2.34. The van der Waals surface area contributed by atoms with Crippen LogP contribution in [0.3, 0.4) is 0 Å². The summed E-state index contributed by atoms with van der Waals surface area (Å²) in [6.07, 6.45) is 2.91. The van der Waals surface area contributed by atoms with Gasteiger partial charge in [-0.3, -0.25) is 0 Å². The van der Waals surface area contributed by atoms with Crippen molar-refractivity contribution in [2.24, 2.45) is 0 Å². The molecular formula is C20H28O3Si. The number of aryl methyl sites for hydroxylation is 2. The van der Waals surface area contributed by atoms with Gasteiger partial charge in [-0.05, 0) is 48.1 Å². The van der Waals surface area contributed by atoms with Crippen molar-refractivity contribution in [3.63, 3.8) is 0 Å². The van der Waals surface area contributed by atoms with Crippen LogP contribution in [0.5, 0.6) is 0 Å². The van der Waals surface area contributed by atoms with Gasteiger partial charge in [-0.15, -0.1) is 0 Å². The van der Waals surface area contributed by atoms with Crippen LogP contribution in [0.4, 0.5) is 0 Å². The quantitative estimate of drug-likeness (QED) is 0.582. The van der Waals surface area contributed by atoms with Crippen LogP contribution in [-0.2, 0) is 23.9 Å². The molecule has 0 bridgehead atoms. The summed E-state index contributed by atoms with van der Waals surface area (Å²) >= 11 is 0. The average Bonchev–Trinajstić information content (AvgIpc) is 2.93. The smallest absolute Gasteiger partial charge is 0.341 e. The monoisotopic (exact) mass is 344 g/mol. The Morgan fingerprint density at radius 3 is 2.58 bits per heavy atom. The summed E-state index contributed by atoms with van der Waals surface area (Å²) in [6.45, 7) is 14.7. The SMILES string of the molecule is C=C(C)C#C[Si](OCc1cc2c(oc1=O)CCC2)(C(C)C)C(C)C. The van der Waals surface area contributed by atoms with Gasteiger partial charge >= 0.3 is 5.63 Å². The van der Waals surface area contributed by atoms with Crippen LogP contribution >= 0.6 is 0 Å². The molecule has 0 aliphatic heterocycles. The van der Waals surface area contributed by atoms with Crippen molar-refractivity contribution in [3.8, 4) is 11.5 Å². The molecule has 0 unspecified atom stereocenters. The normalized spacial score (nSPS) is 13.8. The van der Waals surface area contributed by atoms with Gasteiger partial charge in [-0.2, -0.15) is 0 Å². The first kappa shape index (κ1) is 18.8. The summed E-state index contributed by atoms with van der Waals surface area (Å²) in [5.41, 5.74) is 6.41. The summed E-state index contributed by atoms with van der Waals surface area (Å²) in [6, 6.07) is 1.97. The van der Waals surface area contributed by atoms with E-state index in [1.165, 1.54) is 0 Å². The molecule has 0 radical (unpaired) electrons. The van der Waals surface area contributed by atoms with Crippen molar-refractivity contribution >= 4 is 8.32 Å². The Hall–Kier alpha value is -1.57. The first-order valence-electron chi connectivity index (χ1n) is 8.73. The third kappa shape index (κ3) is 3.91. The molecule has 0 N–H and O–H groups in total. The van der Waals surface area contributed by atoms with E-state index in [0.29, 0.717) is 16.6 Å². The van der Waals surface area contributed by atoms with Crippen LogP contribution in [0.1, 0.15) is 57.9 Å². The average molecular weight is 345 g/mol. The van der Waals surface area contributed by atoms with Crippen molar-refractivity contribution in [1.82, 2.24) is 0 Å². The summed E-state index contributed by atoms with van der Waals surface area (Å²) in [4.78, 5) is 12.2. The molecule has 130 valence electrons. The summed E-state index contributed by atoms with van der Waals surface area (Å²) < 4.78 is 11.9. The first-order chi connectivity index (χ1) is 11.3. The fourth-order valence-electron chi connectivity index (χ4n) is 3.28. The largest absolute Gasteiger partial charge is 0.427 e. The molecule has 1 aliphatic carbocycles. The minimum atomic E-state index is -2.35. The molecule has 0 aromatic carbocycles. The lowest BCUT2D eigenvalue weighted by Gasteiger charge is -2.33. The van der Waals surface area contributed by atoms with Gasteiger partial charge in [0, 0.05) is 6.42 Å². The third-order valence-corrected chi connectivity index (χ3v) is 9.26. The van der Waals surface area contributed by atoms with Crippen molar-refractivity contribution in [1.29, 1.82) is 0 Å². The minimum Gasteiger partial charge on any atom is -0.427 e. The van der Waals surface area contributed by atoms with Crippen molar-refractivity contribution in [3.05, 3.63) is 45.5 Å². The number of hydrogen-bond acceptors (Lipinski definition) is 3. The summed E-state index contributed by atoms with van der Waals surface area (Å²) in [5.74, 6) is 3.98. The zero-order valence-corrected chi connectivity index (χ0v) is 16.5. The lowest BCUT2D eigenvalue weighted by atomic mass is 10.2. The molecule has 0 amide bonds. The van der Waals surface area contributed by atoms with Gasteiger partial charge in [-0.25, -0.2) is 4.79 Å². The van der Waals surface area contributed by atoms with Gasteiger partial charge < -0.3 is 8.84 Å². The number of allylic oxidation sites excluding steroid dienone is 1. The molecule has 1 aromatic heterocycles. The van der Waals surface area contributed by atoms with E-state index in [-0.39, 0.29) is 12.2 Å². The Kier molecular flexibility index (Phi) is 5.90. The molecule has 0 saturated carbocycles. The van der Waals surface area contributed by atoms with Gasteiger partial charge in [0.1, 0.15) is 5.76 Å². The topological polar surface area (TPSA) is 39.4 Å². The second-order valence-corrected chi connectivity index (χ2v) is 11.7. The van der Waals surface area contributed by atoms with E-state index >= 15 is 0 Å². The third-order valence-electron chi connectivity index (χ3n) is 4.69. The maximum Gasteiger partial charge on any atom is 0.341 e. The molecule has 0 saturated heterocycles. The van der Waals surface area contributed by atoms with E-state index in [1.807, 2.05) is 13.0 Å². The predicted octanol–water partition coefficient (Wildman–Crippen LogP) is 4.53. The van der Waals surface area contributed by atoms with Crippen LogP contribution in [0, 0.1) is 11.5 Å². The van der Waals surface area contributed by atoms with E-state index in [9.17, 15) is 4.79 Å². The Labute approximate surface area is 146 Å². The zero-order chi connectivity index (χ0) is 17.9. The minimum absolute atomic E-state index is 0.265.